The molecule has 0 fully saturated rings. The Morgan fingerprint density at radius 1 is 1.07 bits per heavy atom. The van der Waals surface area contributed by atoms with E-state index in [-0.39, 0.29) is 6.61 Å². The van der Waals surface area contributed by atoms with Crippen LogP contribution in [0.25, 0.3) is 0 Å². The monoisotopic (exact) mass is 371 g/mol. The minimum absolute atomic E-state index is 0.208. The lowest BCUT2D eigenvalue weighted by Crippen LogP contribution is -2.37. The Hall–Kier alpha value is -2.82. The molecular weight excluding hydrogens is 342 g/mol. The Morgan fingerprint density at radius 2 is 1.70 bits per heavy atom. The standard InChI is InChI=1S/C14H19NO3.C8H10O/c1-11(2)8-13(9-16)15-14(17)18-10-12-6-4-3-5-7-12;1-7-3-5-8(9-2)6-4-7/h3-7,9,11,13H,8,10H2,1-2H3,(H,15,17);3-6H,1-2H3. The Bertz CT molecular complexity index is 668. The van der Waals surface area contributed by atoms with Crippen molar-refractivity contribution in [3.63, 3.8) is 0 Å². The molecule has 1 atom stereocenters. The molecule has 0 spiro atoms. The largest absolute Gasteiger partial charge is 0.497 e. The summed E-state index contributed by atoms with van der Waals surface area (Å²) in [6, 6.07) is 16.9. The molecule has 0 aliphatic heterocycles. The Labute approximate surface area is 161 Å². The molecule has 2 aromatic carbocycles. The molecule has 0 heterocycles. The second-order valence-electron chi connectivity index (χ2n) is 6.60. The van der Waals surface area contributed by atoms with Gasteiger partial charge in [0.2, 0.25) is 0 Å². The zero-order valence-corrected chi connectivity index (χ0v) is 16.5. The van der Waals surface area contributed by atoms with Gasteiger partial charge in [-0.3, -0.25) is 0 Å². The van der Waals surface area contributed by atoms with Gasteiger partial charge in [-0.05, 0) is 37.0 Å². The van der Waals surface area contributed by atoms with Crippen LogP contribution in [-0.2, 0) is 16.1 Å². The van der Waals surface area contributed by atoms with E-state index in [2.05, 4.69) is 12.2 Å². The smallest absolute Gasteiger partial charge is 0.408 e. The fraction of sp³-hybridized carbons (Fsp3) is 0.364. The topological polar surface area (TPSA) is 64.6 Å². The number of carbonyl (C=O) groups is 2. The van der Waals surface area contributed by atoms with E-state index in [0.717, 1.165) is 17.6 Å². The fourth-order valence-corrected chi connectivity index (χ4v) is 2.25. The first-order valence-corrected chi connectivity index (χ1v) is 8.97. The summed E-state index contributed by atoms with van der Waals surface area (Å²) in [5, 5.41) is 2.54. The van der Waals surface area contributed by atoms with Gasteiger partial charge in [-0.25, -0.2) is 4.79 Å². The van der Waals surface area contributed by atoms with Crippen molar-refractivity contribution in [1.29, 1.82) is 0 Å². The summed E-state index contributed by atoms with van der Waals surface area (Å²) in [6.45, 7) is 6.25. The van der Waals surface area contributed by atoms with Crippen LogP contribution in [0.2, 0.25) is 0 Å². The number of aryl methyl sites for hydroxylation is 1. The number of aldehydes is 1. The first-order valence-electron chi connectivity index (χ1n) is 8.97. The highest BCUT2D eigenvalue weighted by Gasteiger charge is 2.13. The molecule has 1 unspecified atom stereocenters. The number of nitrogens with one attached hydrogen (secondary N) is 1. The van der Waals surface area contributed by atoms with Crippen LogP contribution < -0.4 is 10.1 Å². The second kappa shape index (κ2) is 12.5. The highest BCUT2D eigenvalue weighted by Crippen LogP contribution is 2.09. The maximum atomic E-state index is 11.5. The number of ether oxygens (including phenoxy) is 2. The average molecular weight is 371 g/mol. The molecule has 1 amide bonds. The third-order valence-electron chi connectivity index (χ3n) is 3.66. The molecule has 2 rings (SSSR count). The van der Waals surface area contributed by atoms with E-state index in [0.29, 0.717) is 12.3 Å². The number of hydrogen-bond acceptors (Lipinski definition) is 4. The van der Waals surface area contributed by atoms with Crippen LogP contribution in [-0.4, -0.2) is 25.5 Å². The number of carbonyl (C=O) groups excluding carboxylic acids is 2. The van der Waals surface area contributed by atoms with Gasteiger partial charge in [-0.15, -0.1) is 0 Å². The van der Waals surface area contributed by atoms with Crippen LogP contribution in [0.4, 0.5) is 4.79 Å². The molecule has 0 aliphatic carbocycles. The van der Waals surface area contributed by atoms with E-state index in [1.165, 1.54) is 5.56 Å². The summed E-state index contributed by atoms with van der Waals surface area (Å²) in [7, 11) is 1.67. The minimum Gasteiger partial charge on any atom is -0.497 e. The molecule has 0 saturated carbocycles. The van der Waals surface area contributed by atoms with Crippen molar-refractivity contribution in [2.24, 2.45) is 5.92 Å². The summed E-state index contributed by atoms with van der Waals surface area (Å²) < 4.78 is 10.0. The lowest BCUT2D eigenvalue weighted by atomic mass is 10.1. The predicted octanol–water partition coefficient (Wildman–Crippen LogP) is 4.53. The van der Waals surface area contributed by atoms with E-state index in [1.54, 1.807) is 7.11 Å². The highest BCUT2D eigenvalue weighted by atomic mass is 16.5. The van der Waals surface area contributed by atoms with Crippen LogP contribution in [0.15, 0.2) is 54.6 Å². The molecule has 0 radical (unpaired) electrons. The Kier molecular flexibility index (Phi) is 10.3. The lowest BCUT2D eigenvalue weighted by molar-refractivity contribution is -0.109. The number of rotatable bonds is 7. The average Bonchev–Trinajstić information content (AvgIpc) is 2.67. The molecule has 2 aromatic rings. The van der Waals surface area contributed by atoms with Crippen molar-refractivity contribution < 1.29 is 19.1 Å². The maximum absolute atomic E-state index is 11.5. The zero-order chi connectivity index (χ0) is 20.1. The molecule has 5 heteroatoms. The summed E-state index contributed by atoms with van der Waals surface area (Å²) in [5.41, 5.74) is 2.18. The summed E-state index contributed by atoms with van der Waals surface area (Å²) in [4.78, 5) is 22.3. The minimum atomic E-state index is -0.559. The van der Waals surface area contributed by atoms with Crippen molar-refractivity contribution >= 4 is 12.4 Å². The van der Waals surface area contributed by atoms with Gasteiger partial charge in [0.25, 0.3) is 0 Å². The van der Waals surface area contributed by atoms with Crippen LogP contribution in [0, 0.1) is 12.8 Å². The van der Waals surface area contributed by atoms with Gasteiger partial charge in [-0.2, -0.15) is 0 Å². The molecule has 0 saturated heterocycles. The van der Waals surface area contributed by atoms with Gasteiger partial charge >= 0.3 is 6.09 Å². The SMILES string of the molecule is CC(C)CC(C=O)NC(=O)OCc1ccccc1.COc1ccc(C)cc1. The van der Waals surface area contributed by atoms with E-state index in [9.17, 15) is 9.59 Å². The number of alkyl carbamates (subject to hydrolysis) is 1. The second-order valence-corrected chi connectivity index (χ2v) is 6.60. The van der Waals surface area contributed by atoms with Crippen molar-refractivity contribution in [3.8, 4) is 5.75 Å². The number of amides is 1. The zero-order valence-electron chi connectivity index (χ0n) is 16.5. The maximum Gasteiger partial charge on any atom is 0.408 e. The third-order valence-corrected chi connectivity index (χ3v) is 3.66. The fourth-order valence-electron chi connectivity index (χ4n) is 2.25. The summed E-state index contributed by atoms with van der Waals surface area (Å²) >= 11 is 0. The molecule has 0 aliphatic rings. The Morgan fingerprint density at radius 3 is 2.22 bits per heavy atom. The van der Waals surface area contributed by atoms with E-state index >= 15 is 0 Å². The summed E-state index contributed by atoms with van der Waals surface area (Å²) in [5.74, 6) is 1.26. The first kappa shape index (κ1) is 22.2. The number of methoxy groups -OCH3 is 1. The van der Waals surface area contributed by atoms with Crippen molar-refractivity contribution in [1.82, 2.24) is 5.32 Å². The highest BCUT2D eigenvalue weighted by molar-refractivity contribution is 5.73. The van der Waals surface area contributed by atoms with Gasteiger partial charge in [0.05, 0.1) is 13.2 Å². The van der Waals surface area contributed by atoms with Gasteiger partial charge in [-0.1, -0.05) is 61.9 Å². The van der Waals surface area contributed by atoms with Crippen molar-refractivity contribution in [3.05, 3.63) is 65.7 Å². The number of benzene rings is 2. The van der Waals surface area contributed by atoms with Crippen molar-refractivity contribution in [2.45, 2.75) is 39.8 Å². The van der Waals surface area contributed by atoms with Crippen molar-refractivity contribution in [2.75, 3.05) is 7.11 Å². The molecule has 146 valence electrons. The van der Waals surface area contributed by atoms with Crippen LogP contribution in [0.5, 0.6) is 5.75 Å². The van der Waals surface area contributed by atoms with E-state index in [4.69, 9.17) is 9.47 Å². The van der Waals surface area contributed by atoms with Crippen LogP contribution >= 0.6 is 0 Å². The Balaban J connectivity index is 0.000000337. The summed E-state index contributed by atoms with van der Waals surface area (Å²) in [6.07, 6.45) is 0.796. The number of hydrogen-bond donors (Lipinski definition) is 1. The normalized spacial score (nSPS) is 11.0. The quantitative estimate of drug-likeness (QED) is 0.726. The molecule has 27 heavy (non-hydrogen) atoms. The molecular formula is C22H29NO4. The molecule has 5 nitrogen and oxygen atoms in total. The van der Waals surface area contributed by atoms with Crippen LogP contribution in [0.1, 0.15) is 31.4 Å². The molecule has 1 N–H and O–H groups in total. The van der Waals surface area contributed by atoms with Gasteiger partial charge in [0, 0.05) is 0 Å². The van der Waals surface area contributed by atoms with E-state index in [1.807, 2.05) is 68.4 Å². The van der Waals surface area contributed by atoms with E-state index < -0.39 is 12.1 Å². The van der Waals surface area contributed by atoms with Gasteiger partial charge in [0.15, 0.2) is 0 Å². The molecule has 0 bridgehead atoms. The predicted molar refractivity (Wildman–Crippen MR) is 107 cm³/mol. The lowest BCUT2D eigenvalue weighted by Gasteiger charge is -2.14. The first-order chi connectivity index (χ1) is 12.9. The third kappa shape index (κ3) is 10.0. The van der Waals surface area contributed by atoms with Gasteiger partial charge < -0.3 is 19.6 Å². The van der Waals surface area contributed by atoms with Gasteiger partial charge in [0.1, 0.15) is 18.6 Å². The molecule has 0 aromatic heterocycles. The van der Waals surface area contributed by atoms with Crippen LogP contribution in [0.3, 0.4) is 0 Å².